The number of sulfonamides is 1. The quantitative estimate of drug-likeness (QED) is 0.735. The first-order valence-electron chi connectivity index (χ1n) is 9.87. The molecule has 2 heterocycles. The van der Waals surface area contributed by atoms with E-state index in [1.165, 1.54) is 17.3 Å². The monoisotopic (exact) mass is 402 g/mol. The molecular formula is C21H30N4O2S. The van der Waals surface area contributed by atoms with Crippen LogP contribution in [0, 0.1) is 0 Å². The Hall–Kier alpha value is -1.96. The number of hydrogen-bond acceptors (Lipinski definition) is 5. The molecule has 0 aliphatic carbocycles. The van der Waals surface area contributed by atoms with Crippen LogP contribution in [0.2, 0.25) is 0 Å². The second-order valence-electron chi connectivity index (χ2n) is 7.45. The number of aromatic nitrogens is 1. The van der Waals surface area contributed by atoms with E-state index in [4.69, 9.17) is 0 Å². The van der Waals surface area contributed by atoms with E-state index in [0.29, 0.717) is 25.5 Å². The zero-order valence-electron chi connectivity index (χ0n) is 16.9. The van der Waals surface area contributed by atoms with Gasteiger partial charge in [0.05, 0.1) is 6.04 Å². The van der Waals surface area contributed by atoms with Crippen molar-refractivity contribution in [3.63, 3.8) is 0 Å². The Morgan fingerprint density at radius 2 is 1.79 bits per heavy atom. The van der Waals surface area contributed by atoms with Crippen LogP contribution in [0.1, 0.15) is 36.9 Å². The van der Waals surface area contributed by atoms with Crippen molar-refractivity contribution < 1.29 is 8.42 Å². The Bertz CT molecular complexity index is 858. The predicted molar refractivity (Wildman–Crippen MR) is 113 cm³/mol. The molecule has 0 saturated carbocycles. The topological polar surface area (TPSA) is 65.5 Å². The summed E-state index contributed by atoms with van der Waals surface area (Å²) in [6.45, 7) is 4.04. The van der Waals surface area contributed by atoms with Crippen molar-refractivity contribution in [1.82, 2.24) is 14.2 Å². The summed E-state index contributed by atoms with van der Waals surface area (Å²) in [5, 5.41) is 3.34. The first-order valence-corrected chi connectivity index (χ1v) is 11.3. The van der Waals surface area contributed by atoms with Crippen LogP contribution in [-0.2, 0) is 16.4 Å². The molecule has 0 bridgehead atoms. The van der Waals surface area contributed by atoms with Gasteiger partial charge < -0.3 is 10.2 Å². The van der Waals surface area contributed by atoms with Crippen molar-refractivity contribution >= 4 is 15.8 Å². The summed E-state index contributed by atoms with van der Waals surface area (Å²) >= 11 is 0. The summed E-state index contributed by atoms with van der Waals surface area (Å²) in [5.41, 5.74) is 2.56. The van der Waals surface area contributed by atoms with Gasteiger partial charge in [0.2, 0.25) is 10.0 Å². The maximum atomic E-state index is 12.6. The number of anilines is 1. The Morgan fingerprint density at radius 1 is 1.11 bits per heavy atom. The number of likely N-dealkylation sites (N-methyl/N-ethyl adjacent to an activating group) is 1. The molecule has 6 nitrogen and oxygen atoms in total. The summed E-state index contributed by atoms with van der Waals surface area (Å²) in [4.78, 5) is 6.76. The molecule has 3 rings (SSSR count). The molecule has 1 N–H and O–H groups in total. The number of rotatable bonds is 8. The van der Waals surface area contributed by atoms with E-state index in [9.17, 15) is 8.42 Å². The number of hydrogen-bond donors (Lipinski definition) is 1. The van der Waals surface area contributed by atoms with E-state index in [2.05, 4.69) is 60.5 Å². The minimum absolute atomic E-state index is 0.195. The molecule has 1 unspecified atom stereocenters. The second kappa shape index (κ2) is 9.03. The maximum absolute atomic E-state index is 12.6. The molecule has 1 atom stereocenters. The second-order valence-corrected chi connectivity index (χ2v) is 9.38. The minimum atomic E-state index is -3.41. The summed E-state index contributed by atoms with van der Waals surface area (Å²) in [6, 6.07) is 12.3. The van der Waals surface area contributed by atoms with E-state index in [1.54, 1.807) is 16.4 Å². The van der Waals surface area contributed by atoms with Gasteiger partial charge in [-0.25, -0.2) is 13.4 Å². The Balaban J connectivity index is 1.67. The number of pyridine rings is 1. The molecule has 152 valence electrons. The molecule has 1 aromatic carbocycles. The highest BCUT2D eigenvalue weighted by Gasteiger charge is 2.27. The van der Waals surface area contributed by atoms with Gasteiger partial charge in [-0.05, 0) is 56.6 Å². The van der Waals surface area contributed by atoms with Crippen LogP contribution in [0.5, 0.6) is 0 Å². The Morgan fingerprint density at radius 3 is 2.32 bits per heavy atom. The largest absolute Gasteiger partial charge is 0.368 e. The third-order valence-corrected chi connectivity index (χ3v) is 7.19. The molecule has 0 spiro atoms. The molecule has 2 aromatic rings. The van der Waals surface area contributed by atoms with Gasteiger partial charge in [0, 0.05) is 25.8 Å². The van der Waals surface area contributed by atoms with Crippen LogP contribution < -0.4 is 5.32 Å². The van der Waals surface area contributed by atoms with Crippen LogP contribution in [0.3, 0.4) is 0 Å². The van der Waals surface area contributed by atoms with Gasteiger partial charge in [0.25, 0.3) is 0 Å². The Labute approximate surface area is 168 Å². The van der Waals surface area contributed by atoms with Crippen molar-refractivity contribution in [2.24, 2.45) is 0 Å². The average molecular weight is 403 g/mol. The van der Waals surface area contributed by atoms with Crippen molar-refractivity contribution in [3.8, 4) is 0 Å². The summed E-state index contributed by atoms with van der Waals surface area (Å²) in [7, 11) is 0.695. The molecule has 1 aliphatic rings. The van der Waals surface area contributed by atoms with Gasteiger partial charge in [-0.3, -0.25) is 0 Å². The van der Waals surface area contributed by atoms with Gasteiger partial charge >= 0.3 is 0 Å². The van der Waals surface area contributed by atoms with E-state index in [-0.39, 0.29) is 10.9 Å². The number of nitrogens with zero attached hydrogens (tertiary/aromatic N) is 3. The van der Waals surface area contributed by atoms with Crippen molar-refractivity contribution in [1.29, 1.82) is 0 Å². The van der Waals surface area contributed by atoms with Crippen LogP contribution in [0.25, 0.3) is 0 Å². The van der Waals surface area contributed by atoms with Crippen LogP contribution >= 0.6 is 0 Å². The van der Waals surface area contributed by atoms with Crippen LogP contribution in [-0.4, -0.2) is 56.3 Å². The average Bonchev–Trinajstić information content (AvgIpc) is 3.24. The molecule has 0 radical (unpaired) electrons. The molecule has 1 aromatic heterocycles. The zero-order chi connectivity index (χ0) is 20.1. The fraction of sp³-hybridized carbons (Fsp3) is 0.476. The fourth-order valence-corrected chi connectivity index (χ4v) is 4.95. The Kier molecular flexibility index (Phi) is 6.69. The lowest BCUT2D eigenvalue weighted by Gasteiger charge is -2.25. The van der Waals surface area contributed by atoms with E-state index < -0.39 is 10.0 Å². The molecule has 1 aliphatic heterocycles. The summed E-state index contributed by atoms with van der Waals surface area (Å²) in [6.07, 6.45) is 4.34. The molecule has 1 fully saturated rings. The standard InChI is InChI=1S/C21H30N4O2S/c1-4-17-7-9-18(10-8-17)20(24(2)3)16-23-21-12-11-19(15-22-21)28(26,27)25-13-5-6-14-25/h7-12,15,20H,4-6,13-14,16H2,1-3H3,(H,22,23). The summed E-state index contributed by atoms with van der Waals surface area (Å²) < 4.78 is 26.7. The first-order chi connectivity index (χ1) is 13.4. The van der Waals surface area contributed by atoms with Gasteiger partial charge in [-0.15, -0.1) is 0 Å². The van der Waals surface area contributed by atoms with E-state index in [0.717, 1.165) is 19.3 Å². The highest BCUT2D eigenvalue weighted by atomic mass is 32.2. The van der Waals surface area contributed by atoms with Gasteiger partial charge in [0.1, 0.15) is 10.7 Å². The predicted octanol–water partition coefficient (Wildman–Crippen LogP) is 3.14. The first kappa shape index (κ1) is 20.8. The van der Waals surface area contributed by atoms with Gasteiger partial charge in [-0.2, -0.15) is 4.31 Å². The zero-order valence-corrected chi connectivity index (χ0v) is 17.7. The normalized spacial score (nSPS) is 16.4. The maximum Gasteiger partial charge on any atom is 0.244 e. The lowest BCUT2D eigenvalue weighted by atomic mass is 10.0. The molecule has 7 heteroatoms. The van der Waals surface area contributed by atoms with Gasteiger partial charge in [0.15, 0.2) is 0 Å². The van der Waals surface area contributed by atoms with Crippen LogP contribution in [0.4, 0.5) is 5.82 Å². The molecule has 1 saturated heterocycles. The number of nitrogens with one attached hydrogen (secondary N) is 1. The van der Waals surface area contributed by atoms with Crippen molar-refractivity contribution in [2.75, 3.05) is 39.0 Å². The van der Waals surface area contributed by atoms with E-state index >= 15 is 0 Å². The highest BCUT2D eigenvalue weighted by molar-refractivity contribution is 7.89. The third kappa shape index (κ3) is 4.71. The SMILES string of the molecule is CCc1ccc(C(CNc2ccc(S(=O)(=O)N3CCCC3)cn2)N(C)C)cc1. The fourth-order valence-electron chi connectivity index (χ4n) is 3.49. The lowest BCUT2D eigenvalue weighted by molar-refractivity contribution is 0.311. The van der Waals surface area contributed by atoms with Gasteiger partial charge in [-0.1, -0.05) is 31.2 Å². The van der Waals surface area contributed by atoms with Crippen LogP contribution in [0.15, 0.2) is 47.5 Å². The van der Waals surface area contributed by atoms with Crippen molar-refractivity contribution in [2.45, 2.75) is 37.1 Å². The van der Waals surface area contributed by atoms with E-state index in [1.807, 2.05) is 0 Å². The molecule has 28 heavy (non-hydrogen) atoms. The lowest BCUT2D eigenvalue weighted by Crippen LogP contribution is -2.28. The van der Waals surface area contributed by atoms with Crippen molar-refractivity contribution in [3.05, 3.63) is 53.7 Å². The number of benzene rings is 1. The number of aryl methyl sites for hydroxylation is 1. The molecular weight excluding hydrogens is 372 g/mol. The third-order valence-electron chi connectivity index (χ3n) is 5.31. The minimum Gasteiger partial charge on any atom is -0.368 e. The summed E-state index contributed by atoms with van der Waals surface area (Å²) in [5.74, 6) is 0.678. The smallest absolute Gasteiger partial charge is 0.244 e. The molecule has 0 amide bonds. The highest BCUT2D eigenvalue weighted by Crippen LogP contribution is 2.22.